The molecule has 19 heavy (non-hydrogen) atoms. The van der Waals surface area contributed by atoms with E-state index in [-0.39, 0.29) is 0 Å². The Morgan fingerprint density at radius 2 is 1.89 bits per heavy atom. The molecule has 0 N–H and O–H groups in total. The summed E-state index contributed by atoms with van der Waals surface area (Å²) >= 11 is 3.86. The van der Waals surface area contributed by atoms with Crippen LogP contribution in [0.1, 0.15) is 49.9 Å². The molecule has 0 spiro atoms. The Labute approximate surface area is 125 Å². The van der Waals surface area contributed by atoms with Crippen molar-refractivity contribution in [3.05, 3.63) is 23.8 Å². The largest absolute Gasteiger partial charge is 0.497 e. The second-order valence-corrected chi connectivity index (χ2v) is 5.81. The molecule has 108 valence electrons. The van der Waals surface area contributed by atoms with Gasteiger partial charge in [-0.05, 0) is 18.4 Å². The lowest BCUT2D eigenvalue weighted by Crippen LogP contribution is -2.08. The van der Waals surface area contributed by atoms with E-state index in [2.05, 4.69) is 35.8 Å². The summed E-state index contributed by atoms with van der Waals surface area (Å²) in [6, 6.07) is 6.06. The molecule has 0 fully saturated rings. The van der Waals surface area contributed by atoms with Crippen molar-refractivity contribution in [3.63, 3.8) is 0 Å². The standard InChI is InChI=1S/C16H25BrO2/c1-5-7-8-12(6-2)16(17)14-10-9-13(18-3)11-15(14)19-4/h9-12,16H,5-8H2,1-4H3. The minimum Gasteiger partial charge on any atom is -0.497 e. The lowest BCUT2D eigenvalue weighted by atomic mass is 9.91. The molecule has 2 nitrogen and oxygen atoms in total. The van der Waals surface area contributed by atoms with Gasteiger partial charge < -0.3 is 9.47 Å². The molecule has 1 rings (SSSR count). The summed E-state index contributed by atoms with van der Waals surface area (Å²) in [5.41, 5.74) is 1.21. The van der Waals surface area contributed by atoms with Gasteiger partial charge in [0, 0.05) is 16.5 Å². The number of unbranched alkanes of at least 4 members (excludes halogenated alkanes) is 1. The van der Waals surface area contributed by atoms with Gasteiger partial charge in [-0.3, -0.25) is 0 Å². The normalized spacial score (nSPS) is 13.9. The second-order valence-electron chi connectivity index (χ2n) is 4.82. The quantitative estimate of drug-likeness (QED) is 0.598. The van der Waals surface area contributed by atoms with Gasteiger partial charge in [-0.25, -0.2) is 0 Å². The molecule has 0 aliphatic heterocycles. The summed E-state index contributed by atoms with van der Waals surface area (Å²) in [5.74, 6) is 2.38. The van der Waals surface area contributed by atoms with Crippen molar-refractivity contribution in [1.82, 2.24) is 0 Å². The number of hydrogen-bond acceptors (Lipinski definition) is 2. The van der Waals surface area contributed by atoms with Crippen LogP contribution in [0.2, 0.25) is 0 Å². The summed E-state index contributed by atoms with van der Waals surface area (Å²) in [6.45, 7) is 4.49. The Bertz CT molecular complexity index is 379. The predicted molar refractivity (Wildman–Crippen MR) is 84.5 cm³/mol. The Hall–Kier alpha value is -0.700. The fraction of sp³-hybridized carbons (Fsp3) is 0.625. The van der Waals surface area contributed by atoms with Gasteiger partial charge in [0.1, 0.15) is 11.5 Å². The first-order valence-corrected chi connectivity index (χ1v) is 7.95. The maximum Gasteiger partial charge on any atom is 0.126 e. The average molecular weight is 329 g/mol. The van der Waals surface area contributed by atoms with Crippen LogP contribution >= 0.6 is 15.9 Å². The third kappa shape index (κ3) is 4.41. The lowest BCUT2D eigenvalue weighted by Gasteiger charge is -2.23. The van der Waals surface area contributed by atoms with Crippen LogP contribution in [-0.2, 0) is 0 Å². The fourth-order valence-electron chi connectivity index (χ4n) is 2.32. The zero-order chi connectivity index (χ0) is 14.3. The molecule has 2 unspecified atom stereocenters. The van der Waals surface area contributed by atoms with Crippen molar-refractivity contribution >= 4 is 15.9 Å². The predicted octanol–water partition coefficient (Wildman–Crippen LogP) is 5.36. The Balaban J connectivity index is 2.93. The Morgan fingerprint density at radius 1 is 1.16 bits per heavy atom. The lowest BCUT2D eigenvalue weighted by molar-refractivity contribution is 0.382. The van der Waals surface area contributed by atoms with E-state index in [9.17, 15) is 0 Å². The molecule has 0 aromatic heterocycles. The molecule has 1 aromatic carbocycles. The molecule has 0 radical (unpaired) electrons. The van der Waals surface area contributed by atoms with Crippen molar-refractivity contribution in [1.29, 1.82) is 0 Å². The third-order valence-corrected chi connectivity index (χ3v) is 4.85. The minimum atomic E-state index is 0.338. The number of hydrogen-bond donors (Lipinski definition) is 0. The highest BCUT2D eigenvalue weighted by Crippen LogP contribution is 2.41. The van der Waals surface area contributed by atoms with Crippen molar-refractivity contribution in [2.45, 2.75) is 44.4 Å². The molecule has 0 amide bonds. The molecule has 0 bridgehead atoms. The molecule has 2 atom stereocenters. The number of alkyl halides is 1. The van der Waals surface area contributed by atoms with Gasteiger partial charge in [0.25, 0.3) is 0 Å². The summed E-state index contributed by atoms with van der Waals surface area (Å²) in [6.07, 6.45) is 4.94. The molecular weight excluding hydrogens is 304 g/mol. The highest BCUT2D eigenvalue weighted by Gasteiger charge is 2.22. The van der Waals surface area contributed by atoms with Crippen LogP contribution in [0.25, 0.3) is 0 Å². The van der Waals surface area contributed by atoms with Crippen LogP contribution in [0, 0.1) is 5.92 Å². The van der Waals surface area contributed by atoms with Gasteiger partial charge in [-0.15, -0.1) is 0 Å². The van der Waals surface area contributed by atoms with Crippen LogP contribution in [0.3, 0.4) is 0 Å². The van der Waals surface area contributed by atoms with Gasteiger partial charge in [-0.2, -0.15) is 0 Å². The van der Waals surface area contributed by atoms with Crippen molar-refractivity contribution < 1.29 is 9.47 Å². The zero-order valence-electron chi connectivity index (χ0n) is 12.4. The molecule has 0 saturated carbocycles. The van der Waals surface area contributed by atoms with E-state index in [0.717, 1.165) is 11.5 Å². The van der Waals surface area contributed by atoms with Crippen LogP contribution in [0.5, 0.6) is 11.5 Å². The molecule has 0 heterocycles. The third-order valence-electron chi connectivity index (χ3n) is 3.60. The molecule has 0 aliphatic rings. The smallest absolute Gasteiger partial charge is 0.126 e. The van der Waals surface area contributed by atoms with Crippen LogP contribution in [0.15, 0.2) is 18.2 Å². The van der Waals surface area contributed by atoms with E-state index in [1.54, 1.807) is 14.2 Å². The van der Waals surface area contributed by atoms with Crippen LogP contribution in [-0.4, -0.2) is 14.2 Å². The first-order chi connectivity index (χ1) is 9.17. The zero-order valence-corrected chi connectivity index (χ0v) is 14.0. The van der Waals surface area contributed by atoms with Crippen molar-refractivity contribution in [2.24, 2.45) is 5.92 Å². The van der Waals surface area contributed by atoms with E-state index < -0.39 is 0 Å². The van der Waals surface area contributed by atoms with Gasteiger partial charge in [-0.1, -0.05) is 55.1 Å². The first kappa shape index (κ1) is 16.4. The van der Waals surface area contributed by atoms with Crippen LogP contribution in [0.4, 0.5) is 0 Å². The number of methoxy groups -OCH3 is 2. The van der Waals surface area contributed by atoms with Gasteiger partial charge >= 0.3 is 0 Å². The van der Waals surface area contributed by atoms with E-state index in [4.69, 9.17) is 9.47 Å². The van der Waals surface area contributed by atoms with Gasteiger partial charge in [0.2, 0.25) is 0 Å². The minimum absolute atomic E-state index is 0.338. The second kappa shape index (κ2) is 8.47. The van der Waals surface area contributed by atoms with Crippen molar-refractivity contribution in [3.8, 4) is 11.5 Å². The average Bonchev–Trinajstić information content (AvgIpc) is 2.46. The number of rotatable bonds is 8. The van der Waals surface area contributed by atoms with Crippen LogP contribution < -0.4 is 9.47 Å². The SMILES string of the molecule is CCCCC(CC)C(Br)c1ccc(OC)cc1OC. The number of ether oxygens (including phenoxy) is 2. The molecule has 3 heteroatoms. The first-order valence-electron chi connectivity index (χ1n) is 7.03. The maximum atomic E-state index is 5.50. The molecule has 0 aliphatic carbocycles. The summed E-state index contributed by atoms with van der Waals surface area (Å²) in [4.78, 5) is 0.338. The van der Waals surface area contributed by atoms with E-state index >= 15 is 0 Å². The maximum absolute atomic E-state index is 5.50. The summed E-state index contributed by atoms with van der Waals surface area (Å²) in [7, 11) is 3.39. The summed E-state index contributed by atoms with van der Waals surface area (Å²) < 4.78 is 10.7. The van der Waals surface area contributed by atoms with E-state index in [0.29, 0.717) is 10.7 Å². The molecular formula is C16H25BrO2. The van der Waals surface area contributed by atoms with Crippen molar-refractivity contribution in [2.75, 3.05) is 14.2 Å². The topological polar surface area (TPSA) is 18.5 Å². The molecule has 0 saturated heterocycles. The van der Waals surface area contributed by atoms with Gasteiger partial charge in [0.05, 0.1) is 14.2 Å². The molecule has 1 aromatic rings. The highest BCUT2D eigenvalue weighted by molar-refractivity contribution is 9.09. The number of halogens is 1. The Kier molecular flexibility index (Phi) is 7.29. The fourth-order valence-corrected chi connectivity index (χ4v) is 3.34. The highest BCUT2D eigenvalue weighted by atomic mass is 79.9. The monoisotopic (exact) mass is 328 g/mol. The summed E-state index contributed by atoms with van der Waals surface area (Å²) in [5, 5.41) is 0. The Morgan fingerprint density at radius 3 is 2.42 bits per heavy atom. The van der Waals surface area contributed by atoms with E-state index in [1.165, 1.54) is 31.2 Å². The van der Waals surface area contributed by atoms with E-state index in [1.807, 2.05) is 12.1 Å². The number of benzene rings is 1. The van der Waals surface area contributed by atoms with Gasteiger partial charge in [0.15, 0.2) is 0 Å².